The highest BCUT2D eigenvalue weighted by atomic mass is 16.3. The van der Waals surface area contributed by atoms with Crippen molar-refractivity contribution in [3.05, 3.63) is 35.7 Å². The second-order valence-electron chi connectivity index (χ2n) is 3.18. The fraction of sp³-hybridized carbons (Fsp3) is 0.300. The lowest BCUT2D eigenvalue weighted by Gasteiger charge is -1.92. The lowest BCUT2D eigenvalue weighted by Crippen LogP contribution is -1.92. The van der Waals surface area contributed by atoms with Gasteiger partial charge in [0.15, 0.2) is 0 Å². The molecule has 0 amide bonds. The second kappa shape index (κ2) is 3.18. The van der Waals surface area contributed by atoms with E-state index in [1.165, 1.54) is 5.56 Å². The van der Waals surface area contributed by atoms with Crippen LogP contribution in [-0.2, 0) is 6.42 Å². The lowest BCUT2D eigenvalue weighted by molar-refractivity contribution is 0.298. The zero-order valence-corrected chi connectivity index (χ0v) is 7.57. The van der Waals surface area contributed by atoms with Gasteiger partial charge in [0, 0.05) is 19.2 Å². The van der Waals surface area contributed by atoms with Crippen LogP contribution in [0.4, 0.5) is 0 Å². The highest BCUT2D eigenvalue weighted by molar-refractivity contribution is 5.49. The molecule has 0 aromatic carbocycles. The Bertz CT molecular complexity index is 420. The van der Waals surface area contributed by atoms with Crippen LogP contribution in [-0.4, -0.2) is 21.3 Å². The van der Waals surface area contributed by atoms with Crippen molar-refractivity contribution >= 4 is 5.52 Å². The van der Waals surface area contributed by atoms with Crippen molar-refractivity contribution in [1.82, 2.24) is 9.61 Å². The topological polar surface area (TPSA) is 37.5 Å². The van der Waals surface area contributed by atoms with E-state index in [2.05, 4.69) is 18.1 Å². The highest BCUT2D eigenvalue weighted by Gasteiger charge is 1.99. The second-order valence-corrected chi connectivity index (χ2v) is 3.18. The molecule has 0 saturated heterocycles. The summed E-state index contributed by atoms with van der Waals surface area (Å²) in [4.78, 5) is 0. The van der Waals surface area contributed by atoms with Crippen LogP contribution in [0.1, 0.15) is 11.3 Å². The molecule has 1 N–H and O–H groups in total. The van der Waals surface area contributed by atoms with Gasteiger partial charge in [-0.3, -0.25) is 0 Å². The van der Waals surface area contributed by atoms with Gasteiger partial charge < -0.3 is 5.11 Å². The Kier molecular flexibility index (Phi) is 2.02. The van der Waals surface area contributed by atoms with E-state index < -0.39 is 0 Å². The first kappa shape index (κ1) is 8.26. The molecule has 13 heavy (non-hydrogen) atoms. The molecule has 0 bridgehead atoms. The van der Waals surface area contributed by atoms with Crippen LogP contribution in [0.15, 0.2) is 24.4 Å². The monoisotopic (exact) mass is 176 g/mol. The molecule has 0 aliphatic heterocycles. The van der Waals surface area contributed by atoms with Crippen molar-refractivity contribution < 1.29 is 5.11 Å². The molecule has 2 heterocycles. The summed E-state index contributed by atoms with van der Waals surface area (Å²) in [5, 5.41) is 13.1. The quantitative estimate of drug-likeness (QED) is 0.746. The van der Waals surface area contributed by atoms with Crippen LogP contribution in [0, 0.1) is 6.92 Å². The summed E-state index contributed by atoms with van der Waals surface area (Å²) in [6.07, 6.45) is 2.56. The van der Waals surface area contributed by atoms with Gasteiger partial charge in [0.2, 0.25) is 0 Å². The number of aromatic nitrogens is 2. The Labute approximate surface area is 76.6 Å². The number of aryl methyl sites for hydroxylation is 1. The molecule has 0 atom stereocenters. The van der Waals surface area contributed by atoms with E-state index in [0.29, 0.717) is 6.42 Å². The molecule has 3 heteroatoms. The average molecular weight is 176 g/mol. The van der Waals surface area contributed by atoms with Gasteiger partial charge in [-0.15, -0.1) is 0 Å². The number of hydrogen-bond acceptors (Lipinski definition) is 2. The molecule has 0 radical (unpaired) electrons. The van der Waals surface area contributed by atoms with Crippen molar-refractivity contribution in [2.24, 2.45) is 0 Å². The summed E-state index contributed by atoms with van der Waals surface area (Å²) >= 11 is 0. The molecule has 68 valence electrons. The minimum atomic E-state index is 0.156. The Hall–Kier alpha value is -1.35. The maximum absolute atomic E-state index is 8.75. The predicted octanol–water partition coefficient (Wildman–Crippen LogP) is 1.18. The Balaban J connectivity index is 2.49. The van der Waals surface area contributed by atoms with Gasteiger partial charge in [-0.05, 0) is 30.7 Å². The van der Waals surface area contributed by atoms with Crippen molar-refractivity contribution in [3.8, 4) is 0 Å². The SMILES string of the molecule is Cc1ccn2nc(CCO)cc2c1. The Morgan fingerprint density at radius 1 is 1.46 bits per heavy atom. The largest absolute Gasteiger partial charge is 0.396 e. The molecule has 0 aliphatic rings. The first-order chi connectivity index (χ1) is 6.29. The van der Waals surface area contributed by atoms with Gasteiger partial charge in [-0.2, -0.15) is 5.10 Å². The summed E-state index contributed by atoms with van der Waals surface area (Å²) in [5.41, 5.74) is 3.25. The number of aliphatic hydroxyl groups is 1. The normalized spacial score (nSPS) is 10.9. The van der Waals surface area contributed by atoms with Crippen molar-refractivity contribution in [2.75, 3.05) is 6.61 Å². The zero-order valence-electron chi connectivity index (χ0n) is 7.57. The summed E-state index contributed by atoms with van der Waals surface area (Å²) in [6, 6.07) is 6.10. The minimum absolute atomic E-state index is 0.156. The summed E-state index contributed by atoms with van der Waals surface area (Å²) in [5.74, 6) is 0. The smallest absolute Gasteiger partial charge is 0.0667 e. The molecular formula is C10H12N2O. The maximum atomic E-state index is 8.75. The van der Waals surface area contributed by atoms with Gasteiger partial charge in [-0.1, -0.05) is 0 Å². The van der Waals surface area contributed by atoms with E-state index in [9.17, 15) is 0 Å². The van der Waals surface area contributed by atoms with E-state index >= 15 is 0 Å². The van der Waals surface area contributed by atoms with Gasteiger partial charge in [-0.25, -0.2) is 4.52 Å². The molecule has 3 nitrogen and oxygen atoms in total. The van der Waals surface area contributed by atoms with E-state index in [-0.39, 0.29) is 6.61 Å². The van der Waals surface area contributed by atoms with Crippen LogP contribution in [0.25, 0.3) is 5.52 Å². The third-order valence-electron chi connectivity index (χ3n) is 2.04. The van der Waals surface area contributed by atoms with Gasteiger partial charge in [0.25, 0.3) is 0 Å². The third kappa shape index (κ3) is 1.55. The fourth-order valence-corrected chi connectivity index (χ4v) is 1.40. The van der Waals surface area contributed by atoms with Crippen LogP contribution in [0.3, 0.4) is 0 Å². The molecule has 2 aromatic heterocycles. The number of hydrogen-bond donors (Lipinski definition) is 1. The standard InChI is InChI=1S/C10H12N2O/c1-8-2-4-12-10(6-8)7-9(11-12)3-5-13/h2,4,6-7,13H,3,5H2,1H3. The number of aliphatic hydroxyl groups excluding tert-OH is 1. The predicted molar refractivity (Wildman–Crippen MR) is 50.7 cm³/mol. The number of rotatable bonds is 2. The maximum Gasteiger partial charge on any atom is 0.0667 e. The molecule has 0 aliphatic carbocycles. The molecule has 2 rings (SSSR count). The zero-order chi connectivity index (χ0) is 9.26. The van der Waals surface area contributed by atoms with Gasteiger partial charge >= 0.3 is 0 Å². The molecular weight excluding hydrogens is 164 g/mol. The molecule has 0 unspecified atom stereocenters. The summed E-state index contributed by atoms with van der Waals surface area (Å²) in [6.45, 7) is 2.21. The average Bonchev–Trinajstić information content (AvgIpc) is 2.46. The third-order valence-corrected chi connectivity index (χ3v) is 2.04. The molecule has 0 spiro atoms. The van der Waals surface area contributed by atoms with E-state index in [1.807, 2.05) is 22.8 Å². The van der Waals surface area contributed by atoms with Crippen LogP contribution in [0.2, 0.25) is 0 Å². The fourth-order valence-electron chi connectivity index (χ4n) is 1.40. The van der Waals surface area contributed by atoms with Crippen LogP contribution >= 0.6 is 0 Å². The first-order valence-electron chi connectivity index (χ1n) is 4.35. The summed E-state index contributed by atoms with van der Waals surface area (Å²) < 4.78 is 1.83. The Morgan fingerprint density at radius 3 is 3.08 bits per heavy atom. The van der Waals surface area contributed by atoms with E-state index in [0.717, 1.165) is 11.2 Å². The number of nitrogens with zero attached hydrogens (tertiary/aromatic N) is 2. The molecule has 0 fully saturated rings. The minimum Gasteiger partial charge on any atom is -0.396 e. The number of pyridine rings is 1. The van der Waals surface area contributed by atoms with E-state index in [4.69, 9.17) is 5.11 Å². The van der Waals surface area contributed by atoms with Crippen LogP contribution in [0.5, 0.6) is 0 Å². The molecule has 0 saturated carbocycles. The highest BCUT2D eigenvalue weighted by Crippen LogP contribution is 2.08. The van der Waals surface area contributed by atoms with Gasteiger partial charge in [0.05, 0.1) is 11.2 Å². The van der Waals surface area contributed by atoms with Gasteiger partial charge in [0.1, 0.15) is 0 Å². The summed E-state index contributed by atoms with van der Waals surface area (Å²) in [7, 11) is 0. The Morgan fingerprint density at radius 2 is 2.31 bits per heavy atom. The lowest BCUT2D eigenvalue weighted by atomic mass is 10.2. The van der Waals surface area contributed by atoms with Crippen molar-refractivity contribution in [3.63, 3.8) is 0 Å². The number of fused-ring (bicyclic) bond motifs is 1. The molecule has 2 aromatic rings. The van der Waals surface area contributed by atoms with Crippen molar-refractivity contribution in [2.45, 2.75) is 13.3 Å². The van der Waals surface area contributed by atoms with Crippen LogP contribution < -0.4 is 0 Å². The van der Waals surface area contributed by atoms with E-state index in [1.54, 1.807) is 0 Å². The van der Waals surface area contributed by atoms with Crippen molar-refractivity contribution in [1.29, 1.82) is 0 Å². The first-order valence-corrected chi connectivity index (χ1v) is 4.35.